The van der Waals surface area contributed by atoms with Crippen LogP contribution in [0.1, 0.15) is 56.2 Å². The van der Waals surface area contributed by atoms with Gasteiger partial charge in [0.2, 0.25) is 5.91 Å². The maximum atomic E-state index is 12.5. The molecular formula is C19H24N2O2S3. The predicted octanol–water partition coefficient (Wildman–Crippen LogP) is 4.57. The van der Waals surface area contributed by atoms with Crippen molar-refractivity contribution in [2.75, 3.05) is 6.54 Å². The molecule has 0 aromatic carbocycles. The van der Waals surface area contributed by atoms with Crippen molar-refractivity contribution >= 4 is 57.5 Å². The van der Waals surface area contributed by atoms with Crippen molar-refractivity contribution in [1.82, 2.24) is 10.2 Å². The van der Waals surface area contributed by atoms with E-state index >= 15 is 0 Å². The van der Waals surface area contributed by atoms with Crippen molar-refractivity contribution in [3.63, 3.8) is 0 Å². The van der Waals surface area contributed by atoms with Crippen molar-refractivity contribution in [2.24, 2.45) is 0 Å². The number of thiocarbonyl (C=S) groups is 1. The second-order valence-corrected chi connectivity index (χ2v) is 9.36. The number of amides is 2. The molecule has 4 nitrogen and oxygen atoms in total. The van der Waals surface area contributed by atoms with Crippen molar-refractivity contribution in [3.05, 3.63) is 27.3 Å². The molecule has 2 amide bonds. The molecule has 1 saturated carbocycles. The molecule has 1 aromatic rings. The SMILES string of the molecule is O=C(CCCCCN1C(=O)/C(=C/c2cccs2)SC1=S)NC1CCCC1. The monoisotopic (exact) mass is 408 g/mol. The molecule has 1 aliphatic heterocycles. The predicted molar refractivity (Wildman–Crippen MR) is 113 cm³/mol. The molecule has 2 fully saturated rings. The lowest BCUT2D eigenvalue weighted by Crippen LogP contribution is -2.32. The molecule has 140 valence electrons. The molecule has 1 aromatic heterocycles. The van der Waals surface area contributed by atoms with Crippen LogP contribution in [0.15, 0.2) is 22.4 Å². The number of hydrogen-bond donors (Lipinski definition) is 1. The van der Waals surface area contributed by atoms with Gasteiger partial charge >= 0.3 is 0 Å². The van der Waals surface area contributed by atoms with Gasteiger partial charge in [-0.1, -0.05) is 49.3 Å². The number of carbonyl (C=O) groups is 2. The van der Waals surface area contributed by atoms with E-state index < -0.39 is 0 Å². The highest BCUT2D eigenvalue weighted by atomic mass is 32.2. The van der Waals surface area contributed by atoms with Crippen LogP contribution >= 0.6 is 35.3 Å². The van der Waals surface area contributed by atoms with Gasteiger partial charge in [-0.3, -0.25) is 14.5 Å². The number of nitrogens with one attached hydrogen (secondary N) is 1. The van der Waals surface area contributed by atoms with Crippen LogP contribution in [0.5, 0.6) is 0 Å². The molecule has 0 bridgehead atoms. The van der Waals surface area contributed by atoms with Gasteiger partial charge in [0.15, 0.2) is 0 Å². The first-order valence-corrected chi connectivity index (χ1v) is 11.3. The third kappa shape index (κ3) is 5.41. The van der Waals surface area contributed by atoms with Crippen LogP contribution in [0, 0.1) is 0 Å². The van der Waals surface area contributed by atoms with Crippen LogP contribution in [0.25, 0.3) is 6.08 Å². The average molecular weight is 409 g/mol. The Morgan fingerprint density at radius 1 is 1.31 bits per heavy atom. The van der Waals surface area contributed by atoms with Crippen LogP contribution in [0.4, 0.5) is 0 Å². The first-order valence-electron chi connectivity index (χ1n) is 9.22. The molecule has 2 aliphatic rings. The Labute approximate surface area is 168 Å². The molecule has 0 atom stereocenters. The highest BCUT2D eigenvalue weighted by Gasteiger charge is 2.31. The third-order valence-electron chi connectivity index (χ3n) is 4.70. The Kier molecular flexibility index (Phi) is 7.28. The Hall–Kier alpha value is -1.18. The second-order valence-electron chi connectivity index (χ2n) is 6.71. The molecule has 2 heterocycles. The molecular weight excluding hydrogens is 384 g/mol. The fourth-order valence-corrected chi connectivity index (χ4v) is 5.33. The molecule has 1 aliphatic carbocycles. The second kappa shape index (κ2) is 9.67. The van der Waals surface area contributed by atoms with Gasteiger partial charge in [-0.05, 0) is 43.2 Å². The molecule has 1 N–H and O–H groups in total. The van der Waals surface area contributed by atoms with E-state index in [0.29, 0.717) is 28.2 Å². The van der Waals surface area contributed by atoms with E-state index in [1.54, 1.807) is 16.2 Å². The Bertz CT molecular complexity index is 679. The minimum absolute atomic E-state index is 0.00683. The van der Waals surface area contributed by atoms with Crippen molar-refractivity contribution in [1.29, 1.82) is 0 Å². The fraction of sp³-hybridized carbons (Fsp3) is 0.526. The van der Waals surface area contributed by atoms with Crippen LogP contribution in [0.3, 0.4) is 0 Å². The van der Waals surface area contributed by atoms with Crippen LogP contribution < -0.4 is 5.32 Å². The zero-order valence-corrected chi connectivity index (χ0v) is 17.2. The summed E-state index contributed by atoms with van der Waals surface area (Å²) in [7, 11) is 0. The Morgan fingerprint density at radius 2 is 2.12 bits per heavy atom. The van der Waals surface area contributed by atoms with Crippen LogP contribution in [-0.2, 0) is 9.59 Å². The summed E-state index contributed by atoms with van der Waals surface area (Å²) >= 11 is 8.35. The van der Waals surface area contributed by atoms with E-state index in [-0.39, 0.29) is 11.8 Å². The smallest absolute Gasteiger partial charge is 0.266 e. The van der Waals surface area contributed by atoms with Gasteiger partial charge < -0.3 is 5.32 Å². The van der Waals surface area contributed by atoms with E-state index in [1.165, 1.54) is 24.6 Å². The minimum Gasteiger partial charge on any atom is -0.353 e. The summed E-state index contributed by atoms with van der Waals surface area (Å²) in [5, 5.41) is 5.11. The molecule has 3 rings (SSSR count). The van der Waals surface area contributed by atoms with E-state index in [1.807, 2.05) is 23.6 Å². The van der Waals surface area contributed by atoms with Gasteiger partial charge in [0, 0.05) is 23.9 Å². The normalized spacial score (nSPS) is 19.7. The summed E-state index contributed by atoms with van der Waals surface area (Å²) < 4.78 is 0.636. The van der Waals surface area contributed by atoms with Crippen molar-refractivity contribution < 1.29 is 9.59 Å². The number of rotatable bonds is 8. The maximum Gasteiger partial charge on any atom is 0.266 e. The number of nitrogens with zero attached hydrogens (tertiary/aromatic N) is 1. The standard InChI is InChI=1S/C19H24N2O2S3/c22-17(20-14-7-3-4-8-14)10-2-1-5-11-21-18(23)16(26-19(21)24)13-15-9-6-12-25-15/h6,9,12-14H,1-5,7-8,10-11H2,(H,20,22)/b16-13-. The number of unbranched alkanes of at least 4 members (excludes halogenated alkanes) is 2. The average Bonchev–Trinajstić information content (AvgIpc) is 3.34. The molecule has 0 spiro atoms. The highest BCUT2D eigenvalue weighted by molar-refractivity contribution is 8.26. The maximum absolute atomic E-state index is 12.5. The zero-order chi connectivity index (χ0) is 18.4. The lowest BCUT2D eigenvalue weighted by molar-refractivity contribution is -0.123. The summed E-state index contributed by atoms with van der Waals surface area (Å²) in [6.45, 7) is 0.636. The first kappa shape index (κ1) is 19.6. The summed E-state index contributed by atoms with van der Waals surface area (Å²) in [6.07, 6.45) is 9.86. The highest BCUT2D eigenvalue weighted by Crippen LogP contribution is 2.33. The van der Waals surface area contributed by atoms with E-state index in [0.717, 1.165) is 37.0 Å². The van der Waals surface area contributed by atoms with Crippen LogP contribution in [0.2, 0.25) is 0 Å². The van der Waals surface area contributed by atoms with Crippen LogP contribution in [-0.4, -0.2) is 33.6 Å². The van der Waals surface area contributed by atoms with Crippen molar-refractivity contribution in [3.8, 4) is 0 Å². The van der Waals surface area contributed by atoms with Gasteiger partial charge in [-0.15, -0.1) is 11.3 Å². The number of thioether (sulfide) groups is 1. The molecule has 0 unspecified atom stereocenters. The summed E-state index contributed by atoms with van der Waals surface area (Å²) in [6, 6.07) is 4.36. The van der Waals surface area contributed by atoms with Gasteiger partial charge in [0.05, 0.1) is 4.91 Å². The quantitative estimate of drug-likeness (QED) is 0.389. The number of carbonyl (C=O) groups excluding carboxylic acids is 2. The molecule has 1 saturated heterocycles. The summed E-state index contributed by atoms with van der Waals surface area (Å²) in [5.41, 5.74) is 0. The molecule has 7 heteroatoms. The third-order valence-corrected chi connectivity index (χ3v) is 6.89. The number of hydrogen-bond acceptors (Lipinski definition) is 5. The van der Waals surface area contributed by atoms with E-state index in [2.05, 4.69) is 5.32 Å². The van der Waals surface area contributed by atoms with Gasteiger partial charge in [0.25, 0.3) is 5.91 Å². The lowest BCUT2D eigenvalue weighted by atomic mass is 10.1. The van der Waals surface area contributed by atoms with Gasteiger partial charge in [-0.2, -0.15) is 0 Å². The van der Waals surface area contributed by atoms with Gasteiger partial charge in [0.1, 0.15) is 4.32 Å². The van der Waals surface area contributed by atoms with Crippen molar-refractivity contribution in [2.45, 2.75) is 57.4 Å². The Balaban J connectivity index is 1.36. The fourth-order valence-electron chi connectivity index (χ4n) is 3.30. The first-order chi connectivity index (χ1) is 12.6. The Morgan fingerprint density at radius 3 is 2.85 bits per heavy atom. The van der Waals surface area contributed by atoms with E-state index in [9.17, 15) is 9.59 Å². The topological polar surface area (TPSA) is 49.4 Å². The minimum atomic E-state index is 0.00683. The zero-order valence-electron chi connectivity index (χ0n) is 14.7. The summed E-state index contributed by atoms with van der Waals surface area (Å²) in [5.74, 6) is 0.175. The molecule has 0 radical (unpaired) electrons. The van der Waals surface area contributed by atoms with Gasteiger partial charge in [-0.25, -0.2) is 0 Å². The lowest BCUT2D eigenvalue weighted by Gasteiger charge is -2.14. The van der Waals surface area contributed by atoms with E-state index in [4.69, 9.17) is 12.2 Å². The summed E-state index contributed by atoms with van der Waals surface area (Å²) in [4.78, 5) is 27.9. The molecule has 26 heavy (non-hydrogen) atoms. The largest absolute Gasteiger partial charge is 0.353 e. The number of thiophene rings is 1.